The Labute approximate surface area is 155 Å². The molecular formula is C19H18ClN5O. The lowest BCUT2D eigenvalue weighted by Crippen LogP contribution is -2.28. The Morgan fingerprint density at radius 1 is 1.27 bits per heavy atom. The van der Waals surface area contributed by atoms with E-state index in [1.165, 1.54) is 0 Å². The first-order valence-electron chi connectivity index (χ1n) is 8.54. The quantitative estimate of drug-likeness (QED) is 0.567. The van der Waals surface area contributed by atoms with Crippen LogP contribution in [0.25, 0.3) is 16.7 Å². The summed E-state index contributed by atoms with van der Waals surface area (Å²) in [4.78, 5) is 25.0. The zero-order valence-corrected chi connectivity index (χ0v) is 15.0. The Morgan fingerprint density at radius 2 is 2.12 bits per heavy atom. The lowest BCUT2D eigenvalue weighted by Gasteiger charge is -2.06. The maximum Gasteiger partial charge on any atom is 0.270 e. The van der Waals surface area contributed by atoms with Crippen molar-refractivity contribution in [1.82, 2.24) is 24.7 Å². The molecule has 4 aromatic rings. The number of para-hydroxylation sites is 2. The van der Waals surface area contributed by atoms with E-state index in [-0.39, 0.29) is 5.91 Å². The fourth-order valence-electron chi connectivity index (χ4n) is 3.06. The molecule has 0 atom stereocenters. The summed E-state index contributed by atoms with van der Waals surface area (Å²) in [5.41, 5.74) is 3.93. The Balaban J connectivity index is 1.50. The number of aryl methyl sites for hydroxylation is 1. The Bertz CT molecular complexity index is 1060. The number of hydrogen-bond donors (Lipinski definition) is 2. The van der Waals surface area contributed by atoms with Crippen LogP contribution >= 0.6 is 11.6 Å². The highest BCUT2D eigenvalue weighted by Gasteiger charge is 2.18. The van der Waals surface area contributed by atoms with Crippen molar-refractivity contribution >= 4 is 34.2 Å². The minimum atomic E-state index is -0.146. The Kier molecular flexibility index (Phi) is 4.34. The van der Waals surface area contributed by atoms with Crippen molar-refractivity contribution in [3.63, 3.8) is 0 Å². The van der Waals surface area contributed by atoms with Crippen molar-refractivity contribution < 1.29 is 4.79 Å². The first-order chi connectivity index (χ1) is 12.7. The summed E-state index contributed by atoms with van der Waals surface area (Å²) < 4.78 is 1.78. The van der Waals surface area contributed by atoms with Crippen LogP contribution in [-0.2, 0) is 12.8 Å². The zero-order valence-electron chi connectivity index (χ0n) is 14.3. The van der Waals surface area contributed by atoms with Gasteiger partial charge < -0.3 is 10.3 Å². The van der Waals surface area contributed by atoms with E-state index >= 15 is 0 Å². The average Bonchev–Trinajstić information content (AvgIpc) is 3.21. The van der Waals surface area contributed by atoms with E-state index in [0.29, 0.717) is 35.8 Å². The average molecular weight is 368 g/mol. The van der Waals surface area contributed by atoms with Crippen LogP contribution in [0.2, 0.25) is 5.02 Å². The smallest absolute Gasteiger partial charge is 0.270 e. The standard InChI is InChI=1S/C19H18ClN5O/c1-2-13-18(25-10-8-12(20)11-17(25)24-13)19(26)21-9-7-16-22-14-5-3-4-6-15(14)23-16/h3-6,8,10-11H,2,7,9H2,1H3,(H,21,26)(H,22,23). The van der Waals surface area contributed by atoms with Gasteiger partial charge in [-0.3, -0.25) is 9.20 Å². The van der Waals surface area contributed by atoms with E-state index in [1.807, 2.05) is 31.2 Å². The number of fused-ring (bicyclic) bond motifs is 2. The normalized spacial score (nSPS) is 11.3. The maximum absolute atomic E-state index is 12.7. The largest absolute Gasteiger partial charge is 0.350 e. The Morgan fingerprint density at radius 3 is 2.92 bits per heavy atom. The maximum atomic E-state index is 12.7. The van der Waals surface area contributed by atoms with E-state index in [9.17, 15) is 4.79 Å². The van der Waals surface area contributed by atoms with Gasteiger partial charge in [0.15, 0.2) is 0 Å². The van der Waals surface area contributed by atoms with Crippen LogP contribution in [-0.4, -0.2) is 31.8 Å². The zero-order chi connectivity index (χ0) is 18.1. The van der Waals surface area contributed by atoms with Gasteiger partial charge in [-0.15, -0.1) is 0 Å². The van der Waals surface area contributed by atoms with Gasteiger partial charge in [0.25, 0.3) is 5.91 Å². The minimum absolute atomic E-state index is 0.146. The van der Waals surface area contributed by atoms with E-state index in [1.54, 1.807) is 22.7 Å². The van der Waals surface area contributed by atoms with Crippen molar-refractivity contribution in [3.05, 3.63) is 64.8 Å². The molecule has 7 heteroatoms. The van der Waals surface area contributed by atoms with Crippen LogP contribution < -0.4 is 5.32 Å². The predicted octanol–water partition coefficient (Wildman–Crippen LogP) is 3.40. The molecule has 0 aliphatic carbocycles. The second-order valence-electron chi connectivity index (χ2n) is 6.04. The molecule has 0 aliphatic heterocycles. The van der Waals surface area contributed by atoms with Crippen LogP contribution in [0, 0.1) is 0 Å². The summed E-state index contributed by atoms with van der Waals surface area (Å²) in [6.07, 6.45) is 3.08. The van der Waals surface area contributed by atoms with Gasteiger partial charge in [-0.2, -0.15) is 0 Å². The summed E-state index contributed by atoms with van der Waals surface area (Å²) in [6.45, 7) is 2.47. The first-order valence-corrected chi connectivity index (χ1v) is 8.92. The summed E-state index contributed by atoms with van der Waals surface area (Å²) in [5.74, 6) is 0.708. The van der Waals surface area contributed by atoms with Crippen LogP contribution in [0.5, 0.6) is 0 Å². The summed E-state index contributed by atoms with van der Waals surface area (Å²) in [7, 11) is 0. The van der Waals surface area contributed by atoms with Gasteiger partial charge in [0.05, 0.1) is 16.7 Å². The number of rotatable bonds is 5. The van der Waals surface area contributed by atoms with Crippen molar-refractivity contribution in [1.29, 1.82) is 0 Å². The lowest BCUT2D eigenvalue weighted by atomic mass is 10.2. The topological polar surface area (TPSA) is 75.1 Å². The number of nitrogens with zero attached hydrogens (tertiary/aromatic N) is 3. The third-order valence-corrected chi connectivity index (χ3v) is 4.53. The highest BCUT2D eigenvalue weighted by atomic mass is 35.5. The molecule has 2 N–H and O–H groups in total. The molecular weight excluding hydrogens is 350 g/mol. The van der Waals surface area contributed by atoms with Crippen molar-refractivity contribution in [2.24, 2.45) is 0 Å². The third-order valence-electron chi connectivity index (χ3n) is 4.30. The highest BCUT2D eigenvalue weighted by Crippen LogP contribution is 2.17. The van der Waals surface area contributed by atoms with Crippen LogP contribution in [0.1, 0.15) is 28.9 Å². The summed E-state index contributed by atoms with van der Waals surface area (Å²) in [6, 6.07) is 11.4. The van der Waals surface area contributed by atoms with Crippen LogP contribution in [0.3, 0.4) is 0 Å². The predicted molar refractivity (Wildman–Crippen MR) is 102 cm³/mol. The van der Waals surface area contributed by atoms with Gasteiger partial charge in [0.1, 0.15) is 17.2 Å². The van der Waals surface area contributed by atoms with E-state index in [4.69, 9.17) is 11.6 Å². The van der Waals surface area contributed by atoms with Gasteiger partial charge in [-0.25, -0.2) is 9.97 Å². The lowest BCUT2D eigenvalue weighted by molar-refractivity contribution is 0.0947. The molecule has 0 saturated carbocycles. The van der Waals surface area contributed by atoms with Gasteiger partial charge in [0.2, 0.25) is 0 Å². The number of imidazole rings is 2. The third kappa shape index (κ3) is 3.04. The van der Waals surface area contributed by atoms with Crippen LogP contribution in [0.15, 0.2) is 42.6 Å². The molecule has 0 unspecified atom stereocenters. The number of H-pyrrole nitrogens is 1. The number of hydrogen-bond acceptors (Lipinski definition) is 3. The molecule has 1 aromatic carbocycles. The number of halogens is 1. The van der Waals surface area contributed by atoms with E-state index in [2.05, 4.69) is 20.3 Å². The number of aromatic amines is 1. The molecule has 4 rings (SSSR count). The van der Waals surface area contributed by atoms with Crippen molar-refractivity contribution in [3.8, 4) is 0 Å². The number of carbonyl (C=O) groups is 1. The van der Waals surface area contributed by atoms with Gasteiger partial charge in [-0.1, -0.05) is 30.7 Å². The molecule has 0 bridgehead atoms. The molecule has 0 fully saturated rings. The molecule has 0 aliphatic rings. The first kappa shape index (κ1) is 16.6. The number of nitrogens with one attached hydrogen (secondary N) is 2. The summed E-state index contributed by atoms with van der Waals surface area (Å²) in [5, 5.41) is 3.57. The van der Waals surface area contributed by atoms with Gasteiger partial charge >= 0.3 is 0 Å². The molecule has 0 saturated heterocycles. The second kappa shape index (κ2) is 6.80. The Hall–Kier alpha value is -2.86. The van der Waals surface area contributed by atoms with Crippen molar-refractivity contribution in [2.75, 3.05) is 6.54 Å². The number of aromatic nitrogens is 4. The highest BCUT2D eigenvalue weighted by molar-refractivity contribution is 6.30. The molecule has 0 spiro atoms. The van der Waals surface area contributed by atoms with E-state index < -0.39 is 0 Å². The molecule has 26 heavy (non-hydrogen) atoms. The number of benzene rings is 1. The molecule has 3 aromatic heterocycles. The number of pyridine rings is 1. The molecule has 132 valence electrons. The van der Waals surface area contributed by atoms with Crippen molar-refractivity contribution in [2.45, 2.75) is 19.8 Å². The molecule has 0 radical (unpaired) electrons. The van der Waals surface area contributed by atoms with Gasteiger partial charge in [-0.05, 0) is 24.6 Å². The molecule has 3 heterocycles. The number of carbonyl (C=O) groups excluding carboxylic acids is 1. The monoisotopic (exact) mass is 367 g/mol. The fourth-order valence-corrected chi connectivity index (χ4v) is 3.21. The van der Waals surface area contributed by atoms with E-state index in [0.717, 1.165) is 22.6 Å². The SMILES string of the molecule is CCc1nc2cc(Cl)ccn2c1C(=O)NCCc1nc2ccccc2[nH]1. The number of amides is 1. The second-order valence-corrected chi connectivity index (χ2v) is 6.48. The molecule has 6 nitrogen and oxygen atoms in total. The van der Waals surface area contributed by atoms with Crippen LogP contribution in [0.4, 0.5) is 0 Å². The fraction of sp³-hybridized carbons (Fsp3) is 0.211. The molecule has 1 amide bonds. The van der Waals surface area contributed by atoms with Gasteiger partial charge in [0, 0.05) is 30.3 Å². The minimum Gasteiger partial charge on any atom is -0.350 e. The summed E-state index contributed by atoms with van der Waals surface area (Å²) >= 11 is 6.02.